The van der Waals surface area contributed by atoms with Crippen molar-refractivity contribution in [3.05, 3.63) is 59.7 Å². The maximum atomic E-state index is 12.8. The molecule has 0 spiro atoms. The Hall–Kier alpha value is -1.95. The normalized spacial score (nSPS) is 15.0. The van der Waals surface area contributed by atoms with Crippen molar-refractivity contribution in [1.29, 1.82) is 0 Å². The number of fused-ring (bicyclic) bond motifs is 1. The summed E-state index contributed by atoms with van der Waals surface area (Å²) >= 11 is 1.66. The highest BCUT2D eigenvalue weighted by molar-refractivity contribution is 7.99. The highest BCUT2D eigenvalue weighted by atomic mass is 32.2. The van der Waals surface area contributed by atoms with Gasteiger partial charge in [-0.3, -0.25) is 4.79 Å². The highest BCUT2D eigenvalue weighted by Crippen LogP contribution is 2.35. The average Bonchev–Trinajstić information content (AvgIpc) is 2.76. The minimum absolute atomic E-state index is 0.0570. The molecule has 6 heteroatoms. The van der Waals surface area contributed by atoms with Gasteiger partial charge in [0.05, 0.1) is 11.3 Å². The van der Waals surface area contributed by atoms with Crippen LogP contribution in [0.3, 0.4) is 0 Å². The summed E-state index contributed by atoms with van der Waals surface area (Å²) in [6.07, 6.45) is -3.66. The van der Waals surface area contributed by atoms with Gasteiger partial charge in [0.25, 0.3) is 5.91 Å². The SMILES string of the molecule is O=C(c1cccc(C(F)(F)F)c1)N1CCCSc2ccccc21. The number of halogens is 3. The Morgan fingerprint density at radius 3 is 2.65 bits per heavy atom. The van der Waals surface area contributed by atoms with Crippen molar-refractivity contribution in [2.75, 3.05) is 17.2 Å². The number of benzene rings is 2. The van der Waals surface area contributed by atoms with Gasteiger partial charge in [-0.2, -0.15) is 13.2 Å². The van der Waals surface area contributed by atoms with Crippen LogP contribution >= 0.6 is 11.8 Å². The number of alkyl halides is 3. The summed E-state index contributed by atoms with van der Waals surface area (Å²) in [5.41, 5.74) is 0.0137. The molecule has 0 unspecified atom stereocenters. The predicted octanol–water partition coefficient (Wildman–Crippen LogP) is 4.85. The van der Waals surface area contributed by atoms with Gasteiger partial charge in [-0.15, -0.1) is 11.8 Å². The van der Waals surface area contributed by atoms with Gasteiger partial charge in [-0.05, 0) is 42.5 Å². The van der Waals surface area contributed by atoms with Gasteiger partial charge in [0.1, 0.15) is 0 Å². The zero-order valence-corrected chi connectivity index (χ0v) is 13.0. The lowest BCUT2D eigenvalue weighted by molar-refractivity contribution is -0.137. The zero-order valence-electron chi connectivity index (χ0n) is 12.1. The maximum Gasteiger partial charge on any atom is 0.416 e. The molecule has 0 radical (unpaired) electrons. The van der Waals surface area contributed by atoms with Crippen LogP contribution in [0.15, 0.2) is 53.4 Å². The van der Waals surface area contributed by atoms with Crippen LogP contribution in [0.4, 0.5) is 18.9 Å². The fraction of sp³-hybridized carbons (Fsp3) is 0.235. The molecule has 1 aliphatic heterocycles. The first-order valence-electron chi connectivity index (χ1n) is 7.18. The maximum absolute atomic E-state index is 12.8. The first-order chi connectivity index (χ1) is 11.0. The van der Waals surface area contributed by atoms with E-state index < -0.39 is 17.6 Å². The highest BCUT2D eigenvalue weighted by Gasteiger charge is 2.31. The van der Waals surface area contributed by atoms with Crippen LogP contribution in [0.2, 0.25) is 0 Å². The van der Waals surface area contributed by atoms with E-state index in [1.54, 1.807) is 16.7 Å². The van der Waals surface area contributed by atoms with E-state index in [1.807, 2.05) is 24.3 Å². The van der Waals surface area contributed by atoms with E-state index in [4.69, 9.17) is 0 Å². The average molecular weight is 337 g/mol. The third-order valence-corrected chi connectivity index (χ3v) is 4.77. The fourth-order valence-corrected chi connectivity index (χ4v) is 3.52. The minimum Gasteiger partial charge on any atom is -0.307 e. The van der Waals surface area contributed by atoms with Gasteiger partial charge in [0.15, 0.2) is 0 Å². The number of amides is 1. The summed E-state index contributed by atoms with van der Waals surface area (Å²) < 4.78 is 38.5. The lowest BCUT2D eigenvalue weighted by Crippen LogP contribution is -2.32. The largest absolute Gasteiger partial charge is 0.416 e. The lowest BCUT2D eigenvalue weighted by Gasteiger charge is -2.23. The number of hydrogen-bond donors (Lipinski definition) is 0. The molecule has 0 bridgehead atoms. The zero-order chi connectivity index (χ0) is 16.4. The minimum atomic E-state index is -4.46. The van der Waals surface area contributed by atoms with Gasteiger partial charge in [-0.1, -0.05) is 18.2 Å². The molecule has 2 nitrogen and oxygen atoms in total. The van der Waals surface area contributed by atoms with Crippen LogP contribution in [-0.2, 0) is 6.18 Å². The van der Waals surface area contributed by atoms with Crippen LogP contribution in [0.25, 0.3) is 0 Å². The Morgan fingerprint density at radius 1 is 1.09 bits per heavy atom. The molecule has 2 aromatic rings. The molecule has 3 rings (SSSR count). The molecule has 0 fully saturated rings. The molecule has 23 heavy (non-hydrogen) atoms. The van der Waals surface area contributed by atoms with Gasteiger partial charge < -0.3 is 4.90 Å². The quantitative estimate of drug-likeness (QED) is 0.741. The van der Waals surface area contributed by atoms with Crippen molar-refractivity contribution in [2.45, 2.75) is 17.5 Å². The first-order valence-corrected chi connectivity index (χ1v) is 8.16. The number of rotatable bonds is 1. The second kappa shape index (κ2) is 6.28. The predicted molar refractivity (Wildman–Crippen MR) is 84.9 cm³/mol. The summed E-state index contributed by atoms with van der Waals surface area (Å²) in [5, 5.41) is 0. The lowest BCUT2D eigenvalue weighted by atomic mass is 10.1. The Labute approximate surface area is 136 Å². The molecule has 0 saturated carbocycles. The van der Waals surface area contributed by atoms with E-state index in [0.717, 1.165) is 34.9 Å². The van der Waals surface area contributed by atoms with E-state index in [1.165, 1.54) is 12.1 Å². The molecule has 2 aromatic carbocycles. The van der Waals surface area contributed by atoms with Crippen molar-refractivity contribution in [1.82, 2.24) is 0 Å². The van der Waals surface area contributed by atoms with Gasteiger partial charge in [0.2, 0.25) is 0 Å². The second-order valence-electron chi connectivity index (χ2n) is 5.21. The molecule has 0 saturated heterocycles. The van der Waals surface area contributed by atoms with Gasteiger partial charge in [-0.25, -0.2) is 0 Å². The third kappa shape index (κ3) is 3.37. The number of para-hydroxylation sites is 1. The van der Waals surface area contributed by atoms with Crippen molar-refractivity contribution in [3.63, 3.8) is 0 Å². The van der Waals surface area contributed by atoms with Crippen molar-refractivity contribution in [2.24, 2.45) is 0 Å². The van der Waals surface area contributed by atoms with Crippen molar-refractivity contribution < 1.29 is 18.0 Å². The smallest absolute Gasteiger partial charge is 0.307 e. The molecule has 1 amide bonds. The van der Waals surface area contributed by atoms with Gasteiger partial charge in [0, 0.05) is 17.0 Å². The summed E-state index contributed by atoms with van der Waals surface area (Å²) in [6.45, 7) is 0.499. The number of anilines is 1. The molecule has 0 aromatic heterocycles. The molecule has 1 aliphatic rings. The first kappa shape index (κ1) is 15.9. The Kier molecular flexibility index (Phi) is 4.35. The number of nitrogens with zero attached hydrogens (tertiary/aromatic N) is 1. The molecule has 1 heterocycles. The van der Waals surface area contributed by atoms with Gasteiger partial charge >= 0.3 is 6.18 Å². The summed E-state index contributed by atoms with van der Waals surface area (Å²) in [5.74, 6) is 0.481. The van der Waals surface area contributed by atoms with Crippen molar-refractivity contribution >= 4 is 23.4 Å². The number of hydrogen-bond acceptors (Lipinski definition) is 2. The summed E-state index contributed by atoms with van der Waals surface area (Å²) in [7, 11) is 0. The Morgan fingerprint density at radius 2 is 1.87 bits per heavy atom. The number of carbonyl (C=O) groups is 1. The molecule has 120 valence electrons. The van der Waals surface area contributed by atoms with Crippen LogP contribution in [0, 0.1) is 0 Å². The Bertz CT molecular complexity index is 730. The van der Waals surface area contributed by atoms with Crippen LogP contribution in [-0.4, -0.2) is 18.2 Å². The van der Waals surface area contributed by atoms with E-state index in [2.05, 4.69) is 0 Å². The molecule has 0 atom stereocenters. The standard InChI is InChI=1S/C17H14F3NOS/c18-17(19,20)13-6-3-5-12(11-13)16(22)21-9-4-10-23-15-8-2-1-7-14(15)21/h1-3,5-8,11H,4,9-10H2. The molecule has 0 N–H and O–H groups in total. The van der Waals surface area contributed by atoms with Crippen molar-refractivity contribution in [3.8, 4) is 0 Å². The fourth-order valence-electron chi connectivity index (χ4n) is 2.52. The van der Waals surface area contributed by atoms with E-state index in [9.17, 15) is 18.0 Å². The second-order valence-corrected chi connectivity index (χ2v) is 6.34. The van der Waals surface area contributed by atoms with Crippen LogP contribution < -0.4 is 4.90 Å². The van der Waals surface area contributed by atoms with Crippen LogP contribution in [0.1, 0.15) is 22.3 Å². The number of thioether (sulfide) groups is 1. The topological polar surface area (TPSA) is 20.3 Å². The molecular formula is C17H14F3NOS. The van der Waals surface area contributed by atoms with E-state index >= 15 is 0 Å². The molecular weight excluding hydrogens is 323 g/mol. The van der Waals surface area contributed by atoms with E-state index in [0.29, 0.717) is 6.54 Å². The molecule has 0 aliphatic carbocycles. The monoisotopic (exact) mass is 337 g/mol. The third-order valence-electron chi connectivity index (χ3n) is 3.62. The Balaban J connectivity index is 1.98. The summed E-state index contributed by atoms with van der Waals surface area (Å²) in [6, 6.07) is 12.1. The van der Waals surface area contributed by atoms with Crippen LogP contribution in [0.5, 0.6) is 0 Å². The van der Waals surface area contributed by atoms with E-state index in [-0.39, 0.29) is 5.56 Å². The summed E-state index contributed by atoms with van der Waals surface area (Å²) in [4.78, 5) is 15.3. The number of carbonyl (C=O) groups excluding carboxylic acids is 1.